The van der Waals surface area contributed by atoms with E-state index in [1.165, 1.54) is 0 Å². The Bertz CT molecular complexity index is 559. The lowest BCUT2D eigenvalue weighted by atomic mass is 9.89. The van der Waals surface area contributed by atoms with Gasteiger partial charge < -0.3 is 5.11 Å². The van der Waals surface area contributed by atoms with Crippen LogP contribution in [0.3, 0.4) is 0 Å². The van der Waals surface area contributed by atoms with Crippen LogP contribution >= 0.6 is 0 Å². The number of aliphatic hydroxyl groups excluding tert-OH is 1. The minimum atomic E-state index is -3.56. The molecule has 1 aromatic carbocycles. The summed E-state index contributed by atoms with van der Waals surface area (Å²) in [5.74, 6) is 0. The average molecular weight is 299 g/mol. The molecule has 0 bridgehead atoms. The molecule has 0 aromatic heterocycles. The molecule has 0 saturated carbocycles. The summed E-state index contributed by atoms with van der Waals surface area (Å²) in [5.41, 5.74) is 1.48. The van der Waals surface area contributed by atoms with E-state index in [9.17, 15) is 13.5 Å². The number of rotatable bonds is 5. The Balaban J connectivity index is 3.10. The maximum atomic E-state index is 12.4. The smallest absolute Gasteiger partial charge is 0.240 e. The monoisotopic (exact) mass is 299 g/mol. The molecule has 1 atom stereocenters. The van der Waals surface area contributed by atoms with Crippen molar-refractivity contribution in [3.8, 4) is 0 Å². The molecule has 20 heavy (non-hydrogen) atoms. The second-order valence-corrected chi connectivity index (χ2v) is 7.87. The van der Waals surface area contributed by atoms with Crippen LogP contribution in [0.4, 0.5) is 0 Å². The normalized spacial score (nSPS) is 14.3. The van der Waals surface area contributed by atoms with Gasteiger partial charge in [0, 0.05) is 6.04 Å². The van der Waals surface area contributed by atoms with Gasteiger partial charge in [0.15, 0.2) is 0 Å². The molecule has 0 saturated heterocycles. The van der Waals surface area contributed by atoms with Crippen molar-refractivity contribution in [1.82, 2.24) is 4.72 Å². The third-order valence-electron chi connectivity index (χ3n) is 3.67. The van der Waals surface area contributed by atoms with E-state index in [4.69, 9.17) is 0 Å². The Morgan fingerprint density at radius 2 is 1.85 bits per heavy atom. The highest BCUT2D eigenvalue weighted by atomic mass is 32.2. The fourth-order valence-electron chi connectivity index (χ4n) is 1.74. The van der Waals surface area contributed by atoms with Crippen LogP contribution in [0, 0.1) is 5.41 Å². The van der Waals surface area contributed by atoms with Gasteiger partial charge in [0.25, 0.3) is 0 Å². The highest BCUT2D eigenvalue weighted by molar-refractivity contribution is 7.89. The zero-order chi connectivity index (χ0) is 15.6. The molecule has 0 heterocycles. The first-order chi connectivity index (χ1) is 9.11. The molecule has 0 spiro atoms. The van der Waals surface area contributed by atoms with Crippen molar-refractivity contribution < 1.29 is 13.5 Å². The molecule has 5 heteroatoms. The number of benzene rings is 1. The summed E-state index contributed by atoms with van der Waals surface area (Å²) in [5, 5.41) is 9.34. The first-order valence-electron chi connectivity index (χ1n) is 6.86. The summed E-state index contributed by atoms with van der Waals surface area (Å²) in [6, 6.07) is 4.73. The van der Waals surface area contributed by atoms with E-state index in [2.05, 4.69) is 4.72 Å². The maximum absolute atomic E-state index is 12.4. The minimum absolute atomic E-state index is 0.151. The van der Waals surface area contributed by atoms with Crippen LogP contribution in [-0.2, 0) is 23.1 Å². The van der Waals surface area contributed by atoms with Crippen molar-refractivity contribution in [2.24, 2.45) is 5.41 Å². The third kappa shape index (κ3) is 4.04. The quantitative estimate of drug-likeness (QED) is 0.877. The molecule has 2 N–H and O–H groups in total. The zero-order valence-corrected chi connectivity index (χ0v) is 13.7. The predicted octanol–water partition coefficient (Wildman–Crippen LogP) is 2.45. The molecule has 1 aromatic rings. The average Bonchev–Trinajstić information content (AvgIpc) is 2.36. The highest BCUT2D eigenvalue weighted by Crippen LogP contribution is 2.22. The van der Waals surface area contributed by atoms with Crippen LogP contribution in [0.25, 0.3) is 0 Å². The number of hydrogen-bond donors (Lipinski definition) is 2. The second-order valence-electron chi connectivity index (χ2n) is 6.15. The molecule has 1 unspecified atom stereocenters. The van der Waals surface area contributed by atoms with Crippen molar-refractivity contribution >= 4 is 10.0 Å². The third-order valence-corrected chi connectivity index (χ3v) is 5.21. The van der Waals surface area contributed by atoms with Gasteiger partial charge in [-0.3, -0.25) is 0 Å². The van der Waals surface area contributed by atoms with Crippen LogP contribution in [0.1, 0.15) is 45.7 Å². The SMILES string of the molecule is CCc1ccc(S(=O)(=O)NC(C)C(C)(C)C)cc1CO. The summed E-state index contributed by atoms with van der Waals surface area (Å²) >= 11 is 0. The fourth-order valence-corrected chi connectivity index (χ4v) is 3.24. The molecule has 0 fully saturated rings. The lowest BCUT2D eigenvalue weighted by Gasteiger charge is -2.27. The van der Waals surface area contributed by atoms with Gasteiger partial charge in [-0.1, -0.05) is 33.8 Å². The number of hydrogen-bond acceptors (Lipinski definition) is 3. The molecule has 4 nitrogen and oxygen atoms in total. The van der Waals surface area contributed by atoms with Crippen LogP contribution in [0.15, 0.2) is 23.1 Å². The van der Waals surface area contributed by atoms with Crippen molar-refractivity contribution in [2.75, 3.05) is 0 Å². The molecular formula is C15H25NO3S. The van der Waals surface area contributed by atoms with E-state index >= 15 is 0 Å². The molecule has 114 valence electrons. The lowest BCUT2D eigenvalue weighted by Crippen LogP contribution is -2.41. The van der Waals surface area contributed by atoms with Gasteiger partial charge in [0.05, 0.1) is 11.5 Å². The van der Waals surface area contributed by atoms with Crippen LogP contribution < -0.4 is 4.72 Å². The molecule has 0 aliphatic carbocycles. The summed E-state index contributed by atoms with van der Waals surface area (Å²) in [4.78, 5) is 0.204. The summed E-state index contributed by atoms with van der Waals surface area (Å²) in [6.45, 7) is 9.63. The maximum Gasteiger partial charge on any atom is 0.240 e. The molecule has 0 radical (unpaired) electrons. The van der Waals surface area contributed by atoms with Crippen LogP contribution in [-0.4, -0.2) is 19.6 Å². The predicted molar refractivity (Wildman–Crippen MR) is 81.0 cm³/mol. The Kier molecular flexibility index (Phi) is 5.35. The largest absolute Gasteiger partial charge is 0.392 e. The first kappa shape index (κ1) is 17.1. The lowest BCUT2D eigenvalue weighted by molar-refractivity contribution is 0.280. The van der Waals surface area contributed by atoms with E-state index in [0.29, 0.717) is 5.56 Å². The topological polar surface area (TPSA) is 66.4 Å². The van der Waals surface area contributed by atoms with Crippen molar-refractivity contribution in [3.63, 3.8) is 0 Å². The second kappa shape index (κ2) is 6.24. The van der Waals surface area contributed by atoms with Gasteiger partial charge in [-0.2, -0.15) is 0 Å². The number of aliphatic hydroxyl groups is 1. The fraction of sp³-hybridized carbons (Fsp3) is 0.600. The Labute approximate surface area is 122 Å². The Hall–Kier alpha value is -0.910. The first-order valence-corrected chi connectivity index (χ1v) is 8.35. The van der Waals surface area contributed by atoms with E-state index in [1.54, 1.807) is 18.2 Å². The summed E-state index contributed by atoms with van der Waals surface area (Å²) < 4.78 is 27.4. The molecule has 0 aliphatic heterocycles. The number of sulfonamides is 1. The van der Waals surface area contributed by atoms with Crippen molar-refractivity contribution in [3.05, 3.63) is 29.3 Å². The van der Waals surface area contributed by atoms with E-state index < -0.39 is 10.0 Å². The van der Waals surface area contributed by atoms with E-state index in [0.717, 1.165) is 12.0 Å². The number of nitrogens with one attached hydrogen (secondary N) is 1. The standard InChI is InChI=1S/C15H25NO3S/c1-6-12-7-8-14(9-13(12)10-17)20(18,19)16-11(2)15(3,4)5/h7-9,11,16-17H,6,10H2,1-5H3. The van der Waals surface area contributed by atoms with Gasteiger partial charge in [-0.25, -0.2) is 13.1 Å². The van der Waals surface area contributed by atoms with Crippen molar-refractivity contribution in [2.45, 2.75) is 58.6 Å². The Morgan fingerprint density at radius 3 is 2.30 bits per heavy atom. The number of aryl methyl sites for hydroxylation is 1. The molecule has 1 rings (SSSR count). The zero-order valence-electron chi connectivity index (χ0n) is 12.9. The minimum Gasteiger partial charge on any atom is -0.392 e. The van der Waals surface area contributed by atoms with Gasteiger partial charge in [-0.05, 0) is 42.0 Å². The Morgan fingerprint density at radius 1 is 1.25 bits per heavy atom. The van der Waals surface area contributed by atoms with Gasteiger partial charge in [0.1, 0.15) is 0 Å². The molecule has 0 aliphatic rings. The van der Waals surface area contributed by atoms with Crippen LogP contribution in [0.5, 0.6) is 0 Å². The summed E-state index contributed by atoms with van der Waals surface area (Å²) in [7, 11) is -3.56. The van der Waals surface area contributed by atoms with E-state index in [-0.39, 0.29) is 23.0 Å². The van der Waals surface area contributed by atoms with Crippen LogP contribution in [0.2, 0.25) is 0 Å². The molecular weight excluding hydrogens is 274 g/mol. The summed E-state index contributed by atoms with van der Waals surface area (Å²) in [6.07, 6.45) is 0.766. The van der Waals surface area contributed by atoms with E-state index in [1.807, 2.05) is 34.6 Å². The van der Waals surface area contributed by atoms with Gasteiger partial charge in [0.2, 0.25) is 10.0 Å². The van der Waals surface area contributed by atoms with Gasteiger partial charge in [-0.15, -0.1) is 0 Å². The highest BCUT2D eigenvalue weighted by Gasteiger charge is 2.26. The van der Waals surface area contributed by atoms with Crippen molar-refractivity contribution in [1.29, 1.82) is 0 Å². The molecule has 0 amide bonds. The van der Waals surface area contributed by atoms with Gasteiger partial charge >= 0.3 is 0 Å².